The van der Waals surface area contributed by atoms with E-state index in [9.17, 15) is 4.79 Å². The lowest BCUT2D eigenvalue weighted by Gasteiger charge is -2.10. The molecule has 1 aromatic heterocycles. The third-order valence-corrected chi connectivity index (χ3v) is 3.40. The molecule has 1 heterocycles. The van der Waals surface area contributed by atoms with E-state index in [2.05, 4.69) is 24.1 Å². The van der Waals surface area contributed by atoms with Crippen LogP contribution in [0.2, 0.25) is 0 Å². The average molecular weight is 269 g/mol. The van der Waals surface area contributed by atoms with Crippen LogP contribution in [-0.2, 0) is 0 Å². The van der Waals surface area contributed by atoms with Crippen molar-refractivity contribution in [3.63, 3.8) is 0 Å². The summed E-state index contributed by atoms with van der Waals surface area (Å²) < 4.78 is 0. The second-order valence-corrected chi connectivity index (χ2v) is 4.83. The highest BCUT2D eigenvalue weighted by molar-refractivity contribution is 6.06. The number of pyridine rings is 1. The molecule has 0 fully saturated rings. The van der Waals surface area contributed by atoms with Gasteiger partial charge in [0.1, 0.15) is 0 Å². The van der Waals surface area contributed by atoms with E-state index >= 15 is 0 Å². The molecule has 3 N–H and O–H groups in total. The van der Waals surface area contributed by atoms with E-state index in [1.54, 1.807) is 18.3 Å². The molecule has 0 aliphatic carbocycles. The van der Waals surface area contributed by atoms with E-state index in [1.807, 2.05) is 24.3 Å². The second kappa shape index (κ2) is 6.19. The molecule has 0 saturated carbocycles. The molecule has 1 unspecified atom stereocenters. The number of rotatable bonds is 4. The van der Waals surface area contributed by atoms with Gasteiger partial charge < -0.3 is 11.1 Å². The van der Waals surface area contributed by atoms with Gasteiger partial charge in [0, 0.05) is 11.9 Å². The molecule has 0 aliphatic heterocycles. The molecule has 0 aliphatic rings. The SMILES string of the molecule is CCC(C)c1ccc(NC(=O)c2ncccc2N)cc1. The molecule has 4 nitrogen and oxygen atoms in total. The van der Waals surface area contributed by atoms with Gasteiger partial charge in [-0.15, -0.1) is 0 Å². The summed E-state index contributed by atoms with van der Waals surface area (Å²) in [5.41, 5.74) is 8.37. The van der Waals surface area contributed by atoms with Gasteiger partial charge in [0.2, 0.25) is 0 Å². The Morgan fingerprint density at radius 2 is 2.00 bits per heavy atom. The fourth-order valence-corrected chi connectivity index (χ4v) is 1.93. The first-order chi connectivity index (χ1) is 9.61. The molecule has 1 aromatic carbocycles. The molecular formula is C16H19N3O. The topological polar surface area (TPSA) is 68.0 Å². The highest BCUT2D eigenvalue weighted by Crippen LogP contribution is 2.21. The summed E-state index contributed by atoms with van der Waals surface area (Å²) in [6.07, 6.45) is 2.65. The lowest BCUT2D eigenvalue weighted by molar-refractivity contribution is 0.102. The second-order valence-electron chi connectivity index (χ2n) is 4.83. The lowest BCUT2D eigenvalue weighted by atomic mass is 9.99. The Morgan fingerprint density at radius 1 is 1.30 bits per heavy atom. The third kappa shape index (κ3) is 3.15. The van der Waals surface area contributed by atoms with Crippen molar-refractivity contribution in [2.24, 2.45) is 0 Å². The number of aromatic nitrogens is 1. The first-order valence-electron chi connectivity index (χ1n) is 6.73. The van der Waals surface area contributed by atoms with E-state index in [4.69, 9.17) is 5.73 Å². The molecule has 20 heavy (non-hydrogen) atoms. The summed E-state index contributed by atoms with van der Waals surface area (Å²) >= 11 is 0. The summed E-state index contributed by atoms with van der Waals surface area (Å²) in [5, 5.41) is 2.80. The highest BCUT2D eigenvalue weighted by Gasteiger charge is 2.11. The minimum Gasteiger partial charge on any atom is -0.397 e. The molecule has 0 bridgehead atoms. The van der Waals surface area contributed by atoms with Gasteiger partial charge in [-0.3, -0.25) is 4.79 Å². The molecule has 104 valence electrons. The predicted molar refractivity (Wildman–Crippen MR) is 81.8 cm³/mol. The van der Waals surface area contributed by atoms with Crippen molar-refractivity contribution >= 4 is 17.3 Å². The van der Waals surface area contributed by atoms with Gasteiger partial charge in [-0.2, -0.15) is 0 Å². The van der Waals surface area contributed by atoms with Crippen LogP contribution in [0.5, 0.6) is 0 Å². The van der Waals surface area contributed by atoms with Crippen molar-refractivity contribution in [1.29, 1.82) is 0 Å². The minimum atomic E-state index is -0.292. The quantitative estimate of drug-likeness (QED) is 0.893. The van der Waals surface area contributed by atoms with Crippen molar-refractivity contribution in [1.82, 2.24) is 4.98 Å². The summed E-state index contributed by atoms with van der Waals surface area (Å²) in [6, 6.07) is 11.2. The number of nitrogens with zero attached hydrogens (tertiary/aromatic N) is 1. The molecule has 1 atom stereocenters. The van der Waals surface area contributed by atoms with Crippen LogP contribution < -0.4 is 11.1 Å². The van der Waals surface area contributed by atoms with E-state index in [1.165, 1.54) is 5.56 Å². The monoisotopic (exact) mass is 269 g/mol. The van der Waals surface area contributed by atoms with E-state index in [-0.39, 0.29) is 11.6 Å². The fourth-order valence-electron chi connectivity index (χ4n) is 1.93. The molecule has 0 spiro atoms. The Morgan fingerprint density at radius 3 is 2.60 bits per heavy atom. The molecule has 1 amide bonds. The smallest absolute Gasteiger partial charge is 0.276 e. The average Bonchev–Trinajstić information content (AvgIpc) is 2.47. The molecule has 2 rings (SSSR count). The number of carbonyl (C=O) groups excluding carboxylic acids is 1. The Bertz CT molecular complexity index is 593. The number of amides is 1. The number of nitrogens with one attached hydrogen (secondary N) is 1. The Hall–Kier alpha value is -2.36. The minimum absolute atomic E-state index is 0.249. The molecule has 0 radical (unpaired) electrons. The molecule has 4 heteroatoms. The van der Waals surface area contributed by atoms with Crippen LogP contribution >= 0.6 is 0 Å². The van der Waals surface area contributed by atoms with Gasteiger partial charge in [-0.25, -0.2) is 4.98 Å². The van der Waals surface area contributed by atoms with Crippen molar-refractivity contribution in [2.75, 3.05) is 11.1 Å². The number of anilines is 2. The van der Waals surface area contributed by atoms with Gasteiger partial charge in [0.25, 0.3) is 5.91 Å². The van der Waals surface area contributed by atoms with Crippen LogP contribution in [0.3, 0.4) is 0 Å². The third-order valence-electron chi connectivity index (χ3n) is 3.40. The summed E-state index contributed by atoms with van der Waals surface area (Å²) in [6.45, 7) is 4.34. The first-order valence-corrected chi connectivity index (χ1v) is 6.73. The van der Waals surface area contributed by atoms with Gasteiger partial charge >= 0.3 is 0 Å². The van der Waals surface area contributed by atoms with Gasteiger partial charge in [-0.1, -0.05) is 26.0 Å². The van der Waals surface area contributed by atoms with Crippen LogP contribution in [0.1, 0.15) is 42.2 Å². The van der Waals surface area contributed by atoms with Crippen molar-refractivity contribution in [3.8, 4) is 0 Å². The van der Waals surface area contributed by atoms with Gasteiger partial charge in [0.15, 0.2) is 5.69 Å². The van der Waals surface area contributed by atoms with E-state index < -0.39 is 0 Å². The summed E-state index contributed by atoms with van der Waals surface area (Å²) in [5.74, 6) is 0.227. The normalized spacial score (nSPS) is 11.9. The maximum Gasteiger partial charge on any atom is 0.276 e. The zero-order valence-electron chi connectivity index (χ0n) is 11.8. The van der Waals surface area contributed by atoms with Gasteiger partial charge in [-0.05, 0) is 42.2 Å². The zero-order valence-corrected chi connectivity index (χ0v) is 11.8. The largest absolute Gasteiger partial charge is 0.397 e. The number of benzene rings is 1. The Balaban J connectivity index is 2.11. The molecule has 0 saturated heterocycles. The summed E-state index contributed by atoms with van der Waals surface area (Å²) in [4.78, 5) is 16.1. The van der Waals surface area contributed by atoms with Gasteiger partial charge in [0.05, 0.1) is 5.69 Å². The number of nitrogen functional groups attached to an aromatic ring is 1. The number of carbonyl (C=O) groups is 1. The molecular weight excluding hydrogens is 250 g/mol. The zero-order chi connectivity index (χ0) is 14.5. The summed E-state index contributed by atoms with van der Waals surface area (Å²) in [7, 11) is 0. The Kier molecular flexibility index (Phi) is 4.35. The molecule has 2 aromatic rings. The lowest BCUT2D eigenvalue weighted by Crippen LogP contribution is -2.15. The number of hydrogen-bond donors (Lipinski definition) is 2. The predicted octanol–water partition coefficient (Wildman–Crippen LogP) is 3.43. The fraction of sp³-hybridized carbons (Fsp3) is 0.250. The van der Waals surface area contributed by atoms with Crippen molar-refractivity contribution < 1.29 is 4.79 Å². The van der Waals surface area contributed by atoms with Crippen LogP contribution in [-0.4, -0.2) is 10.9 Å². The highest BCUT2D eigenvalue weighted by atomic mass is 16.1. The van der Waals surface area contributed by atoms with Crippen LogP contribution in [0.25, 0.3) is 0 Å². The van der Waals surface area contributed by atoms with E-state index in [0.717, 1.165) is 12.1 Å². The standard InChI is InChI=1S/C16H19N3O/c1-3-11(2)12-6-8-13(9-7-12)19-16(20)15-14(17)5-4-10-18-15/h4-11H,3,17H2,1-2H3,(H,19,20). The van der Waals surface area contributed by atoms with Crippen LogP contribution in [0.15, 0.2) is 42.6 Å². The van der Waals surface area contributed by atoms with Crippen LogP contribution in [0, 0.1) is 0 Å². The van der Waals surface area contributed by atoms with Crippen LogP contribution in [0.4, 0.5) is 11.4 Å². The maximum atomic E-state index is 12.1. The van der Waals surface area contributed by atoms with E-state index in [0.29, 0.717) is 11.6 Å². The number of nitrogens with two attached hydrogens (primary N) is 1. The Labute approximate surface area is 119 Å². The van der Waals surface area contributed by atoms with Crippen molar-refractivity contribution in [2.45, 2.75) is 26.2 Å². The number of hydrogen-bond acceptors (Lipinski definition) is 3. The van der Waals surface area contributed by atoms with Crippen molar-refractivity contribution in [3.05, 3.63) is 53.9 Å². The first kappa shape index (κ1) is 14.1. The maximum absolute atomic E-state index is 12.1.